The van der Waals surface area contributed by atoms with E-state index in [1.165, 1.54) is 0 Å². The second-order valence-electron chi connectivity index (χ2n) is 5.55. The molecule has 2 aliphatic rings. The lowest BCUT2D eigenvalue weighted by Gasteiger charge is -2.34. The van der Waals surface area contributed by atoms with Crippen LogP contribution in [-0.2, 0) is 4.79 Å². The predicted molar refractivity (Wildman–Crippen MR) is 70.7 cm³/mol. The van der Waals surface area contributed by atoms with Crippen LogP contribution in [0.25, 0.3) is 11.5 Å². The number of hydrogen-bond acceptors (Lipinski definition) is 4. The van der Waals surface area contributed by atoms with E-state index in [-0.39, 0.29) is 18.0 Å². The Labute approximate surface area is 116 Å². The Morgan fingerprint density at radius 2 is 2.25 bits per heavy atom. The maximum atomic E-state index is 12.5. The Kier molecular flexibility index (Phi) is 2.27. The number of nitrogens with one attached hydrogen (secondary N) is 1. The van der Waals surface area contributed by atoms with Crippen molar-refractivity contribution in [2.24, 2.45) is 0 Å². The van der Waals surface area contributed by atoms with Crippen molar-refractivity contribution in [3.05, 3.63) is 17.6 Å². The highest BCUT2D eigenvalue weighted by Crippen LogP contribution is 2.39. The molecule has 20 heavy (non-hydrogen) atoms. The normalized spacial score (nSPS) is 24.9. The van der Waals surface area contributed by atoms with Gasteiger partial charge in [0, 0.05) is 12.2 Å². The first kappa shape index (κ1) is 11.6. The van der Waals surface area contributed by atoms with Crippen LogP contribution in [0.3, 0.4) is 0 Å². The molecule has 2 aliphatic heterocycles. The number of nitrogens with zero attached hydrogens (tertiary/aromatic N) is 5. The highest BCUT2D eigenvalue weighted by Gasteiger charge is 2.42. The molecule has 4 heterocycles. The largest absolute Gasteiger partial charge is 0.331 e. The van der Waals surface area contributed by atoms with Crippen molar-refractivity contribution in [2.75, 3.05) is 6.54 Å². The zero-order valence-corrected chi connectivity index (χ0v) is 11.5. The zero-order chi connectivity index (χ0) is 13.9. The number of carbonyl (C=O) groups is 1. The topological polar surface area (TPSA) is 79.7 Å². The van der Waals surface area contributed by atoms with Crippen LogP contribution < -0.4 is 0 Å². The lowest BCUT2D eigenvalue weighted by Crippen LogP contribution is -2.42. The lowest BCUT2D eigenvalue weighted by molar-refractivity contribution is -0.137. The first-order valence-corrected chi connectivity index (χ1v) is 6.94. The molecule has 0 aliphatic carbocycles. The first-order chi connectivity index (χ1) is 9.66. The summed E-state index contributed by atoms with van der Waals surface area (Å²) in [5, 5.41) is 15.8. The van der Waals surface area contributed by atoms with E-state index in [0.29, 0.717) is 5.82 Å². The summed E-state index contributed by atoms with van der Waals surface area (Å²) in [4.78, 5) is 14.4. The molecule has 1 saturated heterocycles. The Morgan fingerprint density at radius 1 is 1.40 bits per heavy atom. The van der Waals surface area contributed by atoms with Crippen molar-refractivity contribution < 1.29 is 4.79 Å². The van der Waals surface area contributed by atoms with E-state index in [9.17, 15) is 4.79 Å². The third kappa shape index (κ3) is 1.40. The predicted octanol–water partition coefficient (Wildman–Crippen LogP) is 1.21. The molecule has 0 unspecified atom stereocenters. The van der Waals surface area contributed by atoms with E-state index in [4.69, 9.17) is 0 Å². The fourth-order valence-corrected chi connectivity index (χ4v) is 3.27. The van der Waals surface area contributed by atoms with Crippen molar-refractivity contribution in [3.63, 3.8) is 0 Å². The van der Waals surface area contributed by atoms with Crippen molar-refractivity contribution in [1.29, 1.82) is 0 Å². The van der Waals surface area contributed by atoms with Crippen molar-refractivity contribution in [3.8, 4) is 11.5 Å². The molecule has 7 nitrogen and oxygen atoms in total. The summed E-state index contributed by atoms with van der Waals surface area (Å²) in [5.74, 6) is 1.73. The number of rotatable bonds is 1. The lowest BCUT2D eigenvalue weighted by atomic mass is 10.1. The average Bonchev–Trinajstić information content (AvgIpc) is 3.12. The fourth-order valence-electron chi connectivity index (χ4n) is 3.27. The highest BCUT2D eigenvalue weighted by molar-refractivity contribution is 5.82. The van der Waals surface area contributed by atoms with E-state index in [2.05, 4.69) is 20.4 Å². The van der Waals surface area contributed by atoms with Crippen molar-refractivity contribution in [1.82, 2.24) is 29.9 Å². The summed E-state index contributed by atoms with van der Waals surface area (Å²) in [6.45, 7) is 4.68. The van der Waals surface area contributed by atoms with Crippen molar-refractivity contribution >= 4 is 5.91 Å². The molecule has 1 amide bonds. The van der Waals surface area contributed by atoms with Crippen molar-refractivity contribution in [2.45, 2.75) is 38.8 Å². The van der Waals surface area contributed by atoms with E-state index in [1.807, 2.05) is 29.4 Å². The van der Waals surface area contributed by atoms with Crippen LogP contribution in [0, 0.1) is 6.92 Å². The molecule has 7 heteroatoms. The minimum absolute atomic E-state index is 0.0833. The number of fused-ring (bicyclic) bond motifs is 3. The van der Waals surface area contributed by atoms with E-state index in [0.717, 1.165) is 36.6 Å². The molecule has 104 valence electrons. The molecule has 0 spiro atoms. The van der Waals surface area contributed by atoms with Crippen LogP contribution in [-0.4, -0.2) is 42.3 Å². The summed E-state index contributed by atoms with van der Waals surface area (Å²) < 4.78 is 1.95. The molecular weight excluding hydrogens is 256 g/mol. The minimum Gasteiger partial charge on any atom is -0.331 e. The summed E-state index contributed by atoms with van der Waals surface area (Å²) in [6.07, 6.45) is 2.00. The monoisotopic (exact) mass is 272 g/mol. The fraction of sp³-hybridized carbons (Fsp3) is 0.538. The summed E-state index contributed by atoms with van der Waals surface area (Å²) in [6, 6.07) is 1.75. The molecule has 2 atom stereocenters. The summed E-state index contributed by atoms with van der Waals surface area (Å²) in [5.41, 5.74) is 1.71. The van der Waals surface area contributed by atoms with Gasteiger partial charge in [-0.2, -0.15) is 5.10 Å². The van der Waals surface area contributed by atoms with Crippen LogP contribution in [0.4, 0.5) is 0 Å². The molecule has 0 radical (unpaired) electrons. The van der Waals surface area contributed by atoms with Gasteiger partial charge in [0.15, 0.2) is 11.6 Å². The third-order valence-electron chi connectivity index (χ3n) is 4.24. The van der Waals surface area contributed by atoms with E-state index >= 15 is 0 Å². The quantitative estimate of drug-likeness (QED) is 0.846. The molecule has 1 fully saturated rings. The molecule has 2 aromatic rings. The van der Waals surface area contributed by atoms with Gasteiger partial charge in [-0.1, -0.05) is 0 Å². The Balaban J connectivity index is 1.88. The number of H-pyrrole nitrogens is 1. The smallest absolute Gasteiger partial charge is 0.246 e. The van der Waals surface area contributed by atoms with Gasteiger partial charge in [0.05, 0.1) is 6.04 Å². The second kappa shape index (κ2) is 3.91. The van der Waals surface area contributed by atoms with Crippen LogP contribution >= 0.6 is 0 Å². The number of hydrogen-bond donors (Lipinski definition) is 1. The van der Waals surface area contributed by atoms with E-state index < -0.39 is 0 Å². The average molecular weight is 272 g/mol. The van der Waals surface area contributed by atoms with Gasteiger partial charge >= 0.3 is 0 Å². The van der Waals surface area contributed by atoms with Gasteiger partial charge in [0.1, 0.15) is 11.7 Å². The molecule has 4 rings (SSSR count). The highest BCUT2D eigenvalue weighted by atomic mass is 16.2. The molecule has 0 aromatic carbocycles. The first-order valence-electron chi connectivity index (χ1n) is 6.94. The van der Waals surface area contributed by atoms with Gasteiger partial charge in [0.2, 0.25) is 5.91 Å². The third-order valence-corrected chi connectivity index (χ3v) is 4.24. The van der Waals surface area contributed by atoms with Gasteiger partial charge < -0.3 is 4.90 Å². The summed E-state index contributed by atoms with van der Waals surface area (Å²) >= 11 is 0. The standard InChI is InChI=1S/C13H16N6O/c1-7-6-9(15-14-7)11-16-17-12-10-4-3-5-18(10)13(20)8(2)19(11)12/h6,8,10H,3-5H2,1-2H3,(H,14,15)/t8-,10+/m0/s1. The van der Waals surface area contributed by atoms with Crippen LogP contribution in [0.1, 0.15) is 43.4 Å². The Hall–Kier alpha value is -2.18. The summed E-state index contributed by atoms with van der Waals surface area (Å²) in [7, 11) is 0. The van der Waals surface area contributed by atoms with Gasteiger partial charge in [-0.15, -0.1) is 10.2 Å². The number of aromatic nitrogens is 5. The number of aryl methyl sites for hydroxylation is 1. The SMILES string of the molecule is Cc1cc(-c2nnc3n2[C@@H](C)C(=O)N2CCC[C@H]32)n[nH]1. The number of carbonyl (C=O) groups excluding carboxylic acids is 1. The second-order valence-corrected chi connectivity index (χ2v) is 5.55. The molecular formula is C13H16N6O. The molecule has 0 bridgehead atoms. The Morgan fingerprint density at radius 3 is 3.00 bits per heavy atom. The number of aromatic amines is 1. The number of amides is 1. The zero-order valence-electron chi connectivity index (χ0n) is 11.5. The Bertz CT molecular complexity index is 687. The molecule has 0 saturated carbocycles. The maximum Gasteiger partial charge on any atom is 0.246 e. The minimum atomic E-state index is -0.263. The van der Waals surface area contributed by atoms with Crippen LogP contribution in [0.15, 0.2) is 6.07 Å². The van der Waals surface area contributed by atoms with Gasteiger partial charge in [-0.25, -0.2) is 0 Å². The maximum absolute atomic E-state index is 12.5. The van der Waals surface area contributed by atoms with Gasteiger partial charge in [-0.05, 0) is 32.8 Å². The van der Waals surface area contributed by atoms with Crippen LogP contribution in [0.5, 0.6) is 0 Å². The van der Waals surface area contributed by atoms with Crippen LogP contribution in [0.2, 0.25) is 0 Å². The van der Waals surface area contributed by atoms with Gasteiger partial charge in [0.25, 0.3) is 0 Å². The molecule has 2 aromatic heterocycles. The van der Waals surface area contributed by atoms with E-state index in [1.54, 1.807) is 0 Å². The molecule has 1 N–H and O–H groups in total. The van der Waals surface area contributed by atoms with Gasteiger partial charge in [-0.3, -0.25) is 14.5 Å².